The first-order valence-corrected chi connectivity index (χ1v) is 6.99. The summed E-state index contributed by atoms with van der Waals surface area (Å²) in [6, 6.07) is 11.5. The number of anilines is 1. The van der Waals surface area contributed by atoms with Gasteiger partial charge in [0, 0.05) is 37.1 Å². The molecule has 3 rings (SSSR count). The summed E-state index contributed by atoms with van der Waals surface area (Å²) < 4.78 is 1.99. The highest BCUT2D eigenvalue weighted by Crippen LogP contribution is 2.19. The third-order valence-corrected chi connectivity index (χ3v) is 3.16. The maximum atomic E-state index is 6.07. The summed E-state index contributed by atoms with van der Waals surface area (Å²) in [4.78, 5) is 12.8. The highest BCUT2D eigenvalue weighted by atomic mass is 35.5. The topological polar surface area (TPSA) is 55.6 Å². The molecule has 0 unspecified atom stereocenters. The van der Waals surface area contributed by atoms with Gasteiger partial charge in [0.1, 0.15) is 11.0 Å². The predicted octanol–water partition coefficient (Wildman–Crippen LogP) is 3.11. The van der Waals surface area contributed by atoms with Crippen LogP contribution in [0.2, 0.25) is 5.15 Å². The Bertz CT molecular complexity index is 697. The van der Waals surface area contributed by atoms with E-state index in [1.165, 1.54) is 0 Å². The summed E-state index contributed by atoms with van der Waals surface area (Å²) >= 11 is 6.07. The van der Waals surface area contributed by atoms with Crippen LogP contribution in [-0.2, 0) is 6.54 Å². The zero-order chi connectivity index (χ0) is 14.5. The van der Waals surface area contributed by atoms with Crippen molar-refractivity contribution in [1.29, 1.82) is 0 Å². The van der Waals surface area contributed by atoms with E-state index in [4.69, 9.17) is 11.6 Å². The number of hydrogen-bond donors (Lipinski definition) is 1. The van der Waals surface area contributed by atoms with Crippen LogP contribution in [0.4, 0.5) is 5.82 Å². The van der Waals surface area contributed by atoms with Gasteiger partial charge in [-0.2, -0.15) is 0 Å². The quantitative estimate of drug-likeness (QED) is 0.736. The molecule has 106 valence electrons. The molecule has 0 spiro atoms. The summed E-state index contributed by atoms with van der Waals surface area (Å²) in [6.07, 6.45) is 5.46. The van der Waals surface area contributed by atoms with E-state index in [0.29, 0.717) is 16.8 Å². The minimum Gasteiger partial charge on any atom is -0.368 e. The Labute approximate surface area is 127 Å². The normalized spacial score (nSPS) is 10.5. The first kappa shape index (κ1) is 13.6. The first-order chi connectivity index (χ1) is 10.3. The molecule has 0 saturated heterocycles. The van der Waals surface area contributed by atoms with Gasteiger partial charge in [0.05, 0.1) is 6.33 Å². The molecule has 2 aromatic heterocycles. The van der Waals surface area contributed by atoms with Gasteiger partial charge in [0.15, 0.2) is 5.82 Å². The third kappa shape index (κ3) is 3.58. The lowest BCUT2D eigenvalue weighted by molar-refractivity contribution is 0.725. The minimum absolute atomic E-state index is 0.425. The Balaban J connectivity index is 1.72. The van der Waals surface area contributed by atoms with Gasteiger partial charge in [-0.1, -0.05) is 41.9 Å². The van der Waals surface area contributed by atoms with Crippen LogP contribution < -0.4 is 5.32 Å². The minimum atomic E-state index is 0.425. The first-order valence-electron chi connectivity index (χ1n) is 6.61. The van der Waals surface area contributed by atoms with Crippen LogP contribution in [-0.4, -0.2) is 26.1 Å². The van der Waals surface area contributed by atoms with Crippen LogP contribution >= 0.6 is 11.6 Å². The number of benzene rings is 1. The van der Waals surface area contributed by atoms with Gasteiger partial charge < -0.3 is 9.88 Å². The fourth-order valence-electron chi connectivity index (χ4n) is 1.96. The molecule has 2 heterocycles. The molecule has 0 aliphatic heterocycles. The molecule has 5 nitrogen and oxygen atoms in total. The number of nitrogens with one attached hydrogen (secondary N) is 1. The monoisotopic (exact) mass is 299 g/mol. The highest BCUT2D eigenvalue weighted by Gasteiger charge is 2.05. The van der Waals surface area contributed by atoms with Gasteiger partial charge in [-0.25, -0.2) is 15.0 Å². The van der Waals surface area contributed by atoms with Gasteiger partial charge in [-0.15, -0.1) is 0 Å². The highest BCUT2D eigenvalue weighted by molar-refractivity contribution is 6.29. The van der Waals surface area contributed by atoms with E-state index in [9.17, 15) is 0 Å². The molecule has 0 radical (unpaired) electrons. The molecule has 3 aromatic rings. The van der Waals surface area contributed by atoms with Crippen molar-refractivity contribution in [1.82, 2.24) is 19.5 Å². The molecule has 0 bridgehead atoms. The fraction of sp³-hybridized carbons (Fsp3) is 0.133. The lowest BCUT2D eigenvalue weighted by atomic mass is 10.2. The van der Waals surface area contributed by atoms with Crippen molar-refractivity contribution in [3.63, 3.8) is 0 Å². The largest absolute Gasteiger partial charge is 0.368 e. The number of hydrogen-bond acceptors (Lipinski definition) is 4. The van der Waals surface area contributed by atoms with Crippen molar-refractivity contribution in [3.8, 4) is 11.4 Å². The van der Waals surface area contributed by atoms with Crippen molar-refractivity contribution in [2.45, 2.75) is 6.54 Å². The zero-order valence-electron chi connectivity index (χ0n) is 11.3. The van der Waals surface area contributed by atoms with Gasteiger partial charge in [-0.3, -0.25) is 0 Å². The average molecular weight is 300 g/mol. The van der Waals surface area contributed by atoms with Gasteiger partial charge in [0.25, 0.3) is 0 Å². The number of rotatable bonds is 5. The molecule has 0 atom stereocenters. The summed E-state index contributed by atoms with van der Waals surface area (Å²) in [5.41, 5.74) is 0.942. The standard InChI is InChI=1S/C15H14ClN5/c16-13-10-14(18-7-9-21-8-6-17-11-21)20-15(19-13)12-4-2-1-3-5-12/h1-6,8,10-11H,7,9H2,(H,18,19,20). The summed E-state index contributed by atoms with van der Waals surface area (Å²) in [5, 5.41) is 3.67. The Morgan fingerprint density at radius 2 is 2.00 bits per heavy atom. The predicted molar refractivity (Wildman–Crippen MR) is 83.2 cm³/mol. The van der Waals surface area contributed by atoms with Crippen molar-refractivity contribution in [2.75, 3.05) is 11.9 Å². The molecule has 0 saturated carbocycles. The lowest BCUT2D eigenvalue weighted by Crippen LogP contribution is -2.10. The molecule has 0 fully saturated rings. The number of imidazole rings is 1. The maximum Gasteiger partial charge on any atom is 0.163 e. The second-order valence-electron chi connectivity index (χ2n) is 4.49. The maximum absolute atomic E-state index is 6.07. The second kappa shape index (κ2) is 6.37. The Kier molecular flexibility index (Phi) is 4.12. The summed E-state index contributed by atoms with van der Waals surface area (Å²) in [6.45, 7) is 1.54. The van der Waals surface area contributed by atoms with Crippen LogP contribution in [0, 0.1) is 0 Å². The Morgan fingerprint density at radius 3 is 2.76 bits per heavy atom. The average Bonchev–Trinajstić information content (AvgIpc) is 3.01. The SMILES string of the molecule is Clc1cc(NCCn2ccnc2)nc(-c2ccccc2)n1. The molecule has 1 N–H and O–H groups in total. The van der Waals surface area contributed by atoms with E-state index >= 15 is 0 Å². The molecule has 0 aliphatic carbocycles. The zero-order valence-corrected chi connectivity index (χ0v) is 12.0. The molecule has 0 amide bonds. The Hall–Kier alpha value is -2.40. The number of aromatic nitrogens is 4. The van der Waals surface area contributed by atoms with Crippen LogP contribution in [0.3, 0.4) is 0 Å². The fourth-order valence-corrected chi connectivity index (χ4v) is 2.14. The van der Waals surface area contributed by atoms with Crippen molar-refractivity contribution in [3.05, 3.63) is 60.3 Å². The summed E-state index contributed by atoms with van der Waals surface area (Å²) in [7, 11) is 0. The summed E-state index contributed by atoms with van der Waals surface area (Å²) in [5.74, 6) is 1.34. The molecule has 1 aromatic carbocycles. The van der Waals surface area contributed by atoms with E-state index in [2.05, 4.69) is 20.3 Å². The molecular weight excluding hydrogens is 286 g/mol. The number of halogens is 1. The van der Waals surface area contributed by atoms with Crippen molar-refractivity contribution >= 4 is 17.4 Å². The van der Waals surface area contributed by atoms with Crippen LogP contribution in [0.5, 0.6) is 0 Å². The molecule has 0 aliphatic rings. The van der Waals surface area contributed by atoms with E-state index in [1.54, 1.807) is 18.6 Å². The van der Waals surface area contributed by atoms with Gasteiger partial charge >= 0.3 is 0 Å². The van der Waals surface area contributed by atoms with E-state index in [1.807, 2.05) is 41.1 Å². The van der Waals surface area contributed by atoms with Crippen molar-refractivity contribution < 1.29 is 0 Å². The van der Waals surface area contributed by atoms with E-state index in [0.717, 1.165) is 18.7 Å². The molecular formula is C15H14ClN5. The van der Waals surface area contributed by atoms with E-state index in [-0.39, 0.29) is 0 Å². The van der Waals surface area contributed by atoms with Crippen molar-refractivity contribution in [2.24, 2.45) is 0 Å². The van der Waals surface area contributed by atoms with Crippen LogP contribution in [0.25, 0.3) is 11.4 Å². The van der Waals surface area contributed by atoms with E-state index < -0.39 is 0 Å². The molecule has 21 heavy (non-hydrogen) atoms. The van der Waals surface area contributed by atoms with Gasteiger partial charge in [0.2, 0.25) is 0 Å². The van der Waals surface area contributed by atoms with Crippen LogP contribution in [0.1, 0.15) is 0 Å². The van der Waals surface area contributed by atoms with Crippen LogP contribution in [0.15, 0.2) is 55.1 Å². The molecule has 6 heteroatoms. The smallest absolute Gasteiger partial charge is 0.163 e. The second-order valence-corrected chi connectivity index (χ2v) is 4.88. The lowest BCUT2D eigenvalue weighted by Gasteiger charge is -2.08. The third-order valence-electron chi connectivity index (χ3n) is 2.96. The Morgan fingerprint density at radius 1 is 1.14 bits per heavy atom. The van der Waals surface area contributed by atoms with Gasteiger partial charge in [-0.05, 0) is 0 Å². The number of nitrogens with zero attached hydrogens (tertiary/aromatic N) is 4.